The Bertz CT molecular complexity index is 611. The Kier molecular flexibility index (Phi) is 4.30. The highest BCUT2D eigenvalue weighted by molar-refractivity contribution is 9.10. The van der Waals surface area contributed by atoms with Crippen LogP contribution < -0.4 is 5.32 Å². The van der Waals surface area contributed by atoms with Gasteiger partial charge in [-0.3, -0.25) is 0 Å². The van der Waals surface area contributed by atoms with Crippen LogP contribution in [0.3, 0.4) is 0 Å². The van der Waals surface area contributed by atoms with Crippen molar-refractivity contribution in [1.29, 1.82) is 0 Å². The summed E-state index contributed by atoms with van der Waals surface area (Å²) in [5.74, 6) is 1.69. The SMILES string of the molecule is Cc1nc(C)n(-c2cc(Br)ccc2CNC(C)(C)C)n1. The molecule has 0 atom stereocenters. The van der Waals surface area contributed by atoms with Gasteiger partial charge in [0.2, 0.25) is 0 Å². The quantitative estimate of drug-likeness (QED) is 0.932. The zero-order valence-electron chi connectivity index (χ0n) is 12.7. The first-order valence-corrected chi connectivity index (χ1v) is 7.50. The van der Waals surface area contributed by atoms with Gasteiger partial charge in [-0.15, -0.1) is 0 Å². The molecule has 0 bridgehead atoms. The zero-order chi connectivity index (χ0) is 14.9. The maximum Gasteiger partial charge on any atom is 0.148 e. The first-order valence-electron chi connectivity index (χ1n) is 6.70. The molecule has 108 valence electrons. The molecule has 1 aromatic heterocycles. The standard InChI is InChI=1S/C15H21BrN4/c1-10-18-11(2)20(19-10)14-8-13(16)7-6-12(14)9-17-15(3,4)5/h6-8,17H,9H2,1-5H3. The molecule has 1 heterocycles. The molecule has 0 spiro atoms. The van der Waals surface area contributed by atoms with Gasteiger partial charge in [-0.05, 0) is 52.3 Å². The Labute approximate surface area is 128 Å². The predicted molar refractivity (Wildman–Crippen MR) is 85.1 cm³/mol. The number of hydrogen-bond donors (Lipinski definition) is 1. The Morgan fingerprint density at radius 1 is 1.25 bits per heavy atom. The zero-order valence-corrected chi connectivity index (χ0v) is 14.2. The highest BCUT2D eigenvalue weighted by Crippen LogP contribution is 2.21. The molecular weight excluding hydrogens is 316 g/mol. The summed E-state index contributed by atoms with van der Waals surface area (Å²) in [7, 11) is 0. The van der Waals surface area contributed by atoms with E-state index in [1.807, 2.05) is 18.5 Å². The molecule has 0 saturated heterocycles. The molecule has 0 fully saturated rings. The van der Waals surface area contributed by atoms with E-state index >= 15 is 0 Å². The summed E-state index contributed by atoms with van der Waals surface area (Å²) in [6, 6.07) is 6.26. The fraction of sp³-hybridized carbons (Fsp3) is 0.467. The third-order valence-electron chi connectivity index (χ3n) is 2.96. The molecule has 20 heavy (non-hydrogen) atoms. The number of nitrogens with one attached hydrogen (secondary N) is 1. The molecule has 1 N–H and O–H groups in total. The monoisotopic (exact) mass is 336 g/mol. The van der Waals surface area contributed by atoms with E-state index < -0.39 is 0 Å². The maximum absolute atomic E-state index is 4.48. The molecule has 4 nitrogen and oxygen atoms in total. The number of aromatic nitrogens is 3. The van der Waals surface area contributed by atoms with Crippen LogP contribution in [0.2, 0.25) is 0 Å². The van der Waals surface area contributed by atoms with Crippen LogP contribution in [0.15, 0.2) is 22.7 Å². The average molecular weight is 337 g/mol. The molecule has 2 rings (SSSR count). The lowest BCUT2D eigenvalue weighted by Gasteiger charge is -2.22. The van der Waals surface area contributed by atoms with Gasteiger partial charge in [0.15, 0.2) is 0 Å². The summed E-state index contributed by atoms with van der Waals surface area (Å²) in [5, 5.41) is 8.00. The summed E-state index contributed by atoms with van der Waals surface area (Å²) in [6.45, 7) is 11.2. The normalized spacial score (nSPS) is 11.9. The van der Waals surface area contributed by atoms with Gasteiger partial charge in [-0.2, -0.15) is 5.10 Å². The van der Waals surface area contributed by atoms with E-state index in [0.29, 0.717) is 0 Å². The van der Waals surface area contributed by atoms with Crippen LogP contribution in [0.1, 0.15) is 38.0 Å². The summed E-state index contributed by atoms with van der Waals surface area (Å²) >= 11 is 3.53. The topological polar surface area (TPSA) is 42.7 Å². The van der Waals surface area contributed by atoms with E-state index in [0.717, 1.165) is 28.4 Å². The third kappa shape index (κ3) is 3.67. The second-order valence-corrected chi connectivity index (χ2v) is 6.91. The second kappa shape index (κ2) is 5.66. The van der Waals surface area contributed by atoms with Gasteiger partial charge >= 0.3 is 0 Å². The van der Waals surface area contributed by atoms with E-state index in [9.17, 15) is 0 Å². The highest BCUT2D eigenvalue weighted by Gasteiger charge is 2.14. The summed E-state index contributed by atoms with van der Waals surface area (Å²) < 4.78 is 2.94. The first kappa shape index (κ1) is 15.2. The molecule has 0 unspecified atom stereocenters. The Morgan fingerprint density at radius 3 is 2.50 bits per heavy atom. The minimum atomic E-state index is 0.0810. The average Bonchev–Trinajstić information content (AvgIpc) is 2.65. The summed E-state index contributed by atoms with van der Waals surface area (Å²) in [6.07, 6.45) is 0. The molecule has 2 aromatic rings. The maximum atomic E-state index is 4.48. The molecule has 0 aliphatic carbocycles. The lowest BCUT2D eigenvalue weighted by Crippen LogP contribution is -2.35. The van der Waals surface area contributed by atoms with Gasteiger partial charge in [0.1, 0.15) is 11.6 Å². The van der Waals surface area contributed by atoms with Crippen LogP contribution in [-0.2, 0) is 6.54 Å². The molecule has 0 saturated carbocycles. The highest BCUT2D eigenvalue weighted by atomic mass is 79.9. The van der Waals surface area contributed by atoms with E-state index in [4.69, 9.17) is 0 Å². The van der Waals surface area contributed by atoms with Crippen LogP contribution in [0.25, 0.3) is 5.69 Å². The fourth-order valence-corrected chi connectivity index (χ4v) is 2.34. The minimum Gasteiger partial charge on any atom is -0.308 e. The number of hydrogen-bond acceptors (Lipinski definition) is 3. The van der Waals surface area contributed by atoms with Crippen molar-refractivity contribution < 1.29 is 0 Å². The van der Waals surface area contributed by atoms with Gasteiger partial charge in [-0.1, -0.05) is 22.0 Å². The van der Waals surface area contributed by atoms with Gasteiger partial charge < -0.3 is 5.32 Å². The lowest BCUT2D eigenvalue weighted by molar-refractivity contribution is 0.423. The lowest BCUT2D eigenvalue weighted by atomic mass is 10.1. The van der Waals surface area contributed by atoms with E-state index in [-0.39, 0.29) is 5.54 Å². The van der Waals surface area contributed by atoms with Crippen LogP contribution in [0.4, 0.5) is 0 Å². The molecule has 0 aliphatic heterocycles. The predicted octanol–water partition coefficient (Wildman–Crippen LogP) is 3.53. The molecule has 1 aromatic carbocycles. The van der Waals surface area contributed by atoms with Crippen LogP contribution >= 0.6 is 15.9 Å². The molecular formula is C15H21BrN4. The van der Waals surface area contributed by atoms with Crippen molar-refractivity contribution in [2.45, 2.75) is 46.7 Å². The minimum absolute atomic E-state index is 0.0810. The number of halogens is 1. The first-order chi connectivity index (χ1) is 9.26. The smallest absolute Gasteiger partial charge is 0.148 e. The number of aryl methyl sites for hydroxylation is 2. The fourth-order valence-electron chi connectivity index (χ4n) is 1.99. The number of benzene rings is 1. The van der Waals surface area contributed by atoms with Gasteiger partial charge in [0, 0.05) is 16.6 Å². The molecule has 0 radical (unpaired) electrons. The molecule has 0 aliphatic rings. The summed E-state index contributed by atoms with van der Waals surface area (Å²) in [4.78, 5) is 4.38. The van der Waals surface area contributed by atoms with E-state index in [1.54, 1.807) is 0 Å². The Morgan fingerprint density at radius 2 is 1.95 bits per heavy atom. The van der Waals surface area contributed by atoms with Crippen molar-refractivity contribution in [2.75, 3.05) is 0 Å². The van der Waals surface area contributed by atoms with Gasteiger partial charge in [0.25, 0.3) is 0 Å². The van der Waals surface area contributed by atoms with E-state index in [2.05, 4.69) is 70.3 Å². The van der Waals surface area contributed by atoms with E-state index in [1.165, 1.54) is 5.56 Å². The van der Waals surface area contributed by atoms with Crippen molar-refractivity contribution >= 4 is 15.9 Å². The second-order valence-electron chi connectivity index (χ2n) is 5.99. The summed E-state index contributed by atoms with van der Waals surface area (Å²) in [5.41, 5.74) is 2.35. The van der Waals surface area contributed by atoms with Gasteiger partial charge in [-0.25, -0.2) is 9.67 Å². The third-order valence-corrected chi connectivity index (χ3v) is 3.45. The number of nitrogens with zero attached hydrogens (tertiary/aromatic N) is 3. The van der Waals surface area contributed by atoms with Crippen LogP contribution in [-0.4, -0.2) is 20.3 Å². The Balaban J connectivity index is 2.41. The van der Waals surface area contributed by atoms with Crippen molar-refractivity contribution in [2.24, 2.45) is 0 Å². The van der Waals surface area contributed by atoms with Crippen LogP contribution in [0.5, 0.6) is 0 Å². The Hall–Kier alpha value is -1.20. The van der Waals surface area contributed by atoms with Crippen molar-refractivity contribution in [3.05, 3.63) is 39.9 Å². The number of rotatable bonds is 3. The van der Waals surface area contributed by atoms with Crippen molar-refractivity contribution in [3.63, 3.8) is 0 Å². The van der Waals surface area contributed by atoms with Crippen molar-refractivity contribution in [1.82, 2.24) is 20.1 Å². The molecule has 5 heteroatoms. The van der Waals surface area contributed by atoms with Crippen LogP contribution in [0, 0.1) is 13.8 Å². The van der Waals surface area contributed by atoms with Crippen molar-refractivity contribution in [3.8, 4) is 5.69 Å². The van der Waals surface area contributed by atoms with Gasteiger partial charge in [0.05, 0.1) is 5.69 Å². The largest absolute Gasteiger partial charge is 0.308 e. The molecule has 0 amide bonds.